The standard InChI is InChI=1S/C16H21NO3.C8H17NO.CH4/c1-13-11-14(8-10-18)7-9-17(13)16(19)20-12-15-5-3-2-4-6-15;1-7-6-8(3-5-10)2-4-9-7;/h2-6,8,13,18H,7,9-12H2,1H3;7-10H,2-6H2,1H3;1H4/b14-8+;;. The summed E-state index contributed by atoms with van der Waals surface area (Å²) in [6, 6.07) is 10.4. The zero-order valence-electron chi connectivity index (χ0n) is 18.4. The van der Waals surface area contributed by atoms with Crippen molar-refractivity contribution < 1.29 is 19.7 Å². The minimum atomic E-state index is -0.260. The number of amides is 1. The van der Waals surface area contributed by atoms with Gasteiger partial charge in [0, 0.05) is 25.2 Å². The highest BCUT2D eigenvalue weighted by atomic mass is 16.6. The van der Waals surface area contributed by atoms with E-state index in [1.165, 1.54) is 18.4 Å². The average molecular weight is 435 g/mol. The third-order valence-electron chi connectivity index (χ3n) is 5.85. The van der Waals surface area contributed by atoms with Crippen LogP contribution in [0.1, 0.15) is 58.9 Å². The van der Waals surface area contributed by atoms with E-state index in [2.05, 4.69) is 12.2 Å². The molecule has 2 heterocycles. The lowest BCUT2D eigenvalue weighted by Crippen LogP contribution is -2.43. The monoisotopic (exact) mass is 434 g/mol. The minimum Gasteiger partial charge on any atom is -0.445 e. The van der Waals surface area contributed by atoms with Gasteiger partial charge in [-0.1, -0.05) is 49.4 Å². The molecule has 6 nitrogen and oxygen atoms in total. The van der Waals surface area contributed by atoms with Gasteiger partial charge < -0.3 is 25.2 Å². The number of piperidine rings is 2. The van der Waals surface area contributed by atoms with Gasteiger partial charge in [-0.15, -0.1) is 0 Å². The molecular formula is C25H42N2O4. The van der Waals surface area contributed by atoms with Crippen LogP contribution >= 0.6 is 0 Å². The topological polar surface area (TPSA) is 82.0 Å². The summed E-state index contributed by atoms with van der Waals surface area (Å²) < 4.78 is 5.35. The molecule has 3 unspecified atom stereocenters. The molecule has 0 spiro atoms. The molecule has 2 saturated heterocycles. The summed E-state index contributed by atoms with van der Waals surface area (Å²) in [5.74, 6) is 0.765. The van der Waals surface area contributed by atoms with Crippen LogP contribution in [-0.4, -0.2) is 59.6 Å². The predicted octanol–water partition coefficient (Wildman–Crippen LogP) is 4.12. The Morgan fingerprint density at radius 3 is 2.61 bits per heavy atom. The second-order valence-corrected chi connectivity index (χ2v) is 8.34. The van der Waals surface area contributed by atoms with Crippen molar-refractivity contribution in [2.75, 3.05) is 26.3 Å². The number of likely N-dealkylation sites (tertiary alicyclic amines) is 1. The van der Waals surface area contributed by atoms with E-state index in [4.69, 9.17) is 14.9 Å². The van der Waals surface area contributed by atoms with Gasteiger partial charge in [-0.05, 0) is 64.0 Å². The van der Waals surface area contributed by atoms with Crippen molar-refractivity contribution in [2.45, 2.75) is 72.1 Å². The van der Waals surface area contributed by atoms with Gasteiger partial charge in [-0.25, -0.2) is 4.79 Å². The summed E-state index contributed by atoms with van der Waals surface area (Å²) in [7, 11) is 0. The first-order chi connectivity index (χ1) is 14.5. The van der Waals surface area contributed by atoms with Crippen LogP contribution in [0.25, 0.3) is 0 Å². The number of aliphatic hydroxyl groups excluding tert-OH is 2. The highest BCUT2D eigenvalue weighted by Crippen LogP contribution is 2.23. The Labute approximate surface area is 188 Å². The smallest absolute Gasteiger partial charge is 0.410 e. The van der Waals surface area contributed by atoms with Crippen molar-refractivity contribution in [2.24, 2.45) is 5.92 Å². The summed E-state index contributed by atoms with van der Waals surface area (Å²) in [5.41, 5.74) is 2.21. The summed E-state index contributed by atoms with van der Waals surface area (Å²) in [4.78, 5) is 13.8. The molecule has 6 heteroatoms. The molecule has 176 valence electrons. The molecule has 1 aromatic carbocycles. The fourth-order valence-corrected chi connectivity index (χ4v) is 4.14. The maximum absolute atomic E-state index is 12.1. The first kappa shape index (κ1) is 27.1. The van der Waals surface area contributed by atoms with Crippen molar-refractivity contribution >= 4 is 6.09 Å². The van der Waals surface area contributed by atoms with E-state index in [1.807, 2.05) is 43.3 Å². The van der Waals surface area contributed by atoms with Gasteiger partial charge in [0.25, 0.3) is 0 Å². The molecule has 2 aliphatic heterocycles. The highest BCUT2D eigenvalue weighted by Gasteiger charge is 2.26. The Morgan fingerprint density at radius 2 is 2.00 bits per heavy atom. The molecule has 0 radical (unpaired) electrons. The van der Waals surface area contributed by atoms with Crippen molar-refractivity contribution in [1.29, 1.82) is 0 Å². The van der Waals surface area contributed by atoms with Crippen LogP contribution in [0.2, 0.25) is 0 Å². The molecule has 2 fully saturated rings. The number of carbonyl (C=O) groups is 1. The molecule has 3 atom stereocenters. The number of hydrogen-bond acceptors (Lipinski definition) is 5. The number of ether oxygens (including phenoxy) is 1. The number of nitrogens with zero attached hydrogens (tertiary/aromatic N) is 1. The molecule has 1 aromatic rings. The van der Waals surface area contributed by atoms with Crippen LogP contribution in [0.4, 0.5) is 4.79 Å². The summed E-state index contributed by atoms with van der Waals surface area (Å²) in [6.07, 6.45) is 6.66. The van der Waals surface area contributed by atoms with Crippen LogP contribution in [0.15, 0.2) is 42.0 Å². The van der Waals surface area contributed by atoms with Gasteiger partial charge in [0.1, 0.15) is 6.61 Å². The Balaban J connectivity index is 0.000000370. The van der Waals surface area contributed by atoms with Crippen LogP contribution in [0.5, 0.6) is 0 Å². The van der Waals surface area contributed by atoms with Gasteiger partial charge in [0.05, 0.1) is 6.61 Å². The molecule has 0 aliphatic carbocycles. The molecule has 2 aliphatic rings. The summed E-state index contributed by atoms with van der Waals surface area (Å²) >= 11 is 0. The zero-order valence-corrected chi connectivity index (χ0v) is 18.4. The maximum Gasteiger partial charge on any atom is 0.410 e. The lowest BCUT2D eigenvalue weighted by atomic mass is 9.91. The lowest BCUT2D eigenvalue weighted by molar-refractivity contribution is 0.0783. The van der Waals surface area contributed by atoms with E-state index in [-0.39, 0.29) is 26.2 Å². The van der Waals surface area contributed by atoms with Crippen LogP contribution in [0, 0.1) is 5.92 Å². The first-order valence-corrected chi connectivity index (χ1v) is 11.1. The molecule has 3 rings (SSSR count). The minimum absolute atomic E-state index is 0. The lowest BCUT2D eigenvalue weighted by Gasteiger charge is -2.34. The number of nitrogens with one attached hydrogen (secondary N) is 1. The van der Waals surface area contributed by atoms with Gasteiger partial charge >= 0.3 is 6.09 Å². The molecule has 3 N–H and O–H groups in total. The number of hydrogen-bond donors (Lipinski definition) is 3. The van der Waals surface area contributed by atoms with Gasteiger partial charge in [0.15, 0.2) is 0 Å². The Hall–Kier alpha value is -1.89. The second kappa shape index (κ2) is 15.0. The van der Waals surface area contributed by atoms with Crippen LogP contribution in [-0.2, 0) is 11.3 Å². The molecule has 0 bridgehead atoms. The first-order valence-electron chi connectivity index (χ1n) is 11.1. The van der Waals surface area contributed by atoms with E-state index in [0.717, 1.165) is 37.3 Å². The zero-order chi connectivity index (χ0) is 21.8. The predicted molar refractivity (Wildman–Crippen MR) is 126 cm³/mol. The highest BCUT2D eigenvalue weighted by molar-refractivity contribution is 5.68. The molecule has 31 heavy (non-hydrogen) atoms. The Morgan fingerprint density at radius 1 is 1.26 bits per heavy atom. The third-order valence-corrected chi connectivity index (χ3v) is 5.85. The van der Waals surface area contributed by atoms with E-state index >= 15 is 0 Å². The van der Waals surface area contributed by atoms with E-state index in [9.17, 15) is 4.79 Å². The fraction of sp³-hybridized carbons (Fsp3) is 0.640. The SMILES string of the molecule is C.CC1C/C(=C/CO)CCN1C(=O)OCc1ccccc1.CC1CC(CCO)CCN1. The fourth-order valence-electron chi connectivity index (χ4n) is 4.14. The van der Waals surface area contributed by atoms with Crippen molar-refractivity contribution in [3.8, 4) is 0 Å². The van der Waals surface area contributed by atoms with Crippen molar-refractivity contribution in [3.05, 3.63) is 47.5 Å². The van der Waals surface area contributed by atoms with Gasteiger partial charge in [0.2, 0.25) is 0 Å². The van der Waals surface area contributed by atoms with E-state index in [0.29, 0.717) is 25.8 Å². The largest absolute Gasteiger partial charge is 0.445 e. The number of aliphatic hydroxyl groups is 2. The van der Waals surface area contributed by atoms with Gasteiger partial charge in [-0.2, -0.15) is 0 Å². The summed E-state index contributed by atoms with van der Waals surface area (Å²) in [6.45, 7) is 6.74. The van der Waals surface area contributed by atoms with Gasteiger partial charge in [-0.3, -0.25) is 0 Å². The van der Waals surface area contributed by atoms with Crippen LogP contribution < -0.4 is 5.32 Å². The quantitative estimate of drug-likeness (QED) is 0.608. The molecular weight excluding hydrogens is 392 g/mol. The molecule has 0 saturated carbocycles. The second-order valence-electron chi connectivity index (χ2n) is 8.34. The normalized spacial score (nSPS) is 24.6. The third kappa shape index (κ3) is 9.85. The van der Waals surface area contributed by atoms with E-state index < -0.39 is 0 Å². The van der Waals surface area contributed by atoms with Crippen molar-refractivity contribution in [3.63, 3.8) is 0 Å². The molecule has 0 aromatic heterocycles. The van der Waals surface area contributed by atoms with Crippen molar-refractivity contribution in [1.82, 2.24) is 10.2 Å². The average Bonchev–Trinajstić information content (AvgIpc) is 2.74. The summed E-state index contributed by atoms with van der Waals surface area (Å²) in [5, 5.41) is 21.0. The Bertz CT molecular complexity index is 648. The number of benzene rings is 1. The number of carbonyl (C=O) groups excluding carboxylic acids is 1. The number of rotatable bonds is 5. The van der Waals surface area contributed by atoms with Crippen LogP contribution in [0.3, 0.4) is 0 Å². The van der Waals surface area contributed by atoms with E-state index in [1.54, 1.807) is 4.90 Å². The molecule has 1 amide bonds. The Kier molecular flexibility index (Phi) is 13.1. The maximum atomic E-state index is 12.1.